The normalized spacial score (nSPS) is 14.2. The Balaban J connectivity index is 1.38. The van der Waals surface area contributed by atoms with E-state index in [4.69, 9.17) is 0 Å². The molecule has 7 aromatic rings. The molecular weight excluding hydrogens is 709 g/mol. The topological polar surface area (TPSA) is 0 Å². The van der Waals surface area contributed by atoms with Crippen molar-refractivity contribution in [1.82, 2.24) is 0 Å². The van der Waals surface area contributed by atoms with Gasteiger partial charge in [-0.05, 0) is 134 Å². The molecule has 0 fully saturated rings. The van der Waals surface area contributed by atoms with Crippen molar-refractivity contribution < 1.29 is 0 Å². The zero-order chi connectivity index (χ0) is 41.9. The first kappa shape index (κ1) is 39.0. The van der Waals surface area contributed by atoms with E-state index in [0.717, 1.165) is 0 Å². The number of rotatable bonds is 3. The molecule has 9 rings (SSSR count). The van der Waals surface area contributed by atoms with Gasteiger partial charge in [-0.15, -0.1) is 0 Å². The first-order valence-electron chi connectivity index (χ1n) is 21.7. The Morgan fingerprint density at radius 3 is 1.15 bits per heavy atom. The summed E-state index contributed by atoms with van der Waals surface area (Å²) >= 11 is 0. The number of benzene rings is 7. The molecule has 0 unspecified atom stereocenters. The quantitative estimate of drug-likeness (QED) is 0.168. The van der Waals surface area contributed by atoms with Gasteiger partial charge in [0.25, 0.3) is 0 Å². The molecule has 0 saturated carbocycles. The van der Waals surface area contributed by atoms with Crippen molar-refractivity contribution in [3.63, 3.8) is 0 Å². The van der Waals surface area contributed by atoms with Crippen LogP contribution in [0.1, 0.15) is 128 Å². The van der Waals surface area contributed by atoms with E-state index in [0.29, 0.717) is 0 Å². The SMILES string of the molecule is CC(C)(C)c1ccc2c(c1)C1(c3cc(C(C)(C)C)ccc3-2)c2cc(C(C)(C)C)ccc2-c2c(-c3cccc(-c4ccc(-c5ccccc5)cc4)c3)cc(C(C)(C)C)cc21. The van der Waals surface area contributed by atoms with Gasteiger partial charge in [0.2, 0.25) is 0 Å². The molecule has 2 aliphatic carbocycles. The molecule has 0 aromatic heterocycles. The van der Waals surface area contributed by atoms with Gasteiger partial charge < -0.3 is 0 Å². The minimum atomic E-state index is -0.486. The summed E-state index contributed by atoms with van der Waals surface area (Å²) in [6.45, 7) is 28.3. The van der Waals surface area contributed by atoms with Gasteiger partial charge in [-0.1, -0.05) is 217 Å². The van der Waals surface area contributed by atoms with Crippen LogP contribution in [0, 0.1) is 0 Å². The largest absolute Gasteiger partial charge is 0.0726 e. The van der Waals surface area contributed by atoms with Crippen molar-refractivity contribution in [3.8, 4) is 55.6 Å². The van der Waals surface area contributed by atoms with Crippen LogP contribution in [0.15, 0.2) is 146 Å². The van der Waals surface area contributed by atoms with E-state index in [1.54, 1.807) is 0 Å². The van der Waals surface area contributed by atoms with Crippen molar-refractivity contribution in [2.45, 2.75) is 110 Å². The Morgan fingerprint density at radius 1 is 0.271 bits per heavy atom. The highest BCUT2D eigenvalue weighted by molar-refractivity contribution is 6.01. The highest BCUT2D eigenvalue weighted by Crippen LogP contribution is 2.65. The van der Waals surface area contributed by atoms with E-state index in [9.17, 15) is 0 Å². The predicted molar refractivity (Wildman–Crippen MR) is 254 cm³/mol. The molecule has 0 heterocycles. The molecule has 0 heteroatoms. The highest BCUT2D eigenvalue weighted by atomic mass is 14.5. The van der Waals surface area contributed by atoms with Gasteiger partial charge in [0, 0.05) is 0 Å². The first-order chi connectivity index (χ1) is 27.8. The molecule has 0 radical (unpaired) electrons. The van der Waals surface area contributed by atoms with Crippen LogP contribution in [0.25, 0.3) is 55.6 Å². The van der Waals surface area contributed by atoms with Crippen molar-refractivity contribution >= 4 is 0 Å². The number of fused-ring (bicyclic) bond motifs is 10. The molecule has 0 atom stereocenters. The summed E-state index contributed by atoms with van der Waals surface area (Å²) in [5, 5.41) is 0. The molecular formula is C59H60. The average molecular weight is 769 g/mol. The molecule has 1 spiro atoms. The molecule has 7 aromatic carbocycles. The average Bonchev–Trinajstić information content (AvgIpc) is 3.66. The Morgan fingerprint density at radius 2 is 0.661 bits per heavy atom. The van der Waals surface area contributed by atoms with Gasteiger partial charge in [0.05, 0.1) is 5.41 Å². The van der Waals surface area contributed by atoms with Crippen LogP contribution in [-0.4, -0.2) is 0 Å². The van der Waals surface area contributed by atoms with E-state index in [1.165, 1.54) is 100 Å². The van der Waals surface area contributed by atoms with Crippen molar-refractivity contribution in [1.29, 1.82) is 0 Å². The summed E-state index contributed by atoms with van der Waals surface area (Å²) in [5.74, 6) is 0. The van der Waals surface area contributed by atoms with Crippen LogP contribution < -0.4 is 0 Å². The van der Waals surface area contributed by atoms with Gasteiger partial charge >= 0.3 is 0 Å². The maximum atomic E-state index is 2.61. The third-order valence-electron chi connectivity index (χ3n) is 13.3. The summed E-state index contributed by atoms with van der Waals surface area (Å²) < 4.78 is 0. The fourth-order valence-corrected chi connectivity index (χ4v) is 9.76. The summed E-state index contributed by atoms with van der Waals surface area (Å²) in [4.78, 5) is 0. The Kier molecular flexibility index (Phi) is 8.78. The molecule has 0 aliphatic heterocycles. The third-order valence-corrected chi connectivity index (χ3v) is 13.3. The van der Waals surface area contributed by atoms with Gasteiger partial charge in [-0.2, -0.15) is 0 Å². The third kappa shape index (κ3) is 6.34. The lowest BCUT2D eigenvalue weighted by atomic mass is 9.67. The van der Waals surface area contributed by atoms with Crippen LogP contribution in [0.5, 0.6) is 0 Å². The Bertz CT molecular complexity index is 2700. The van der Waals surface area contributed by atoms with E-state index in [1.807, 2.05) is 0 Å². The molecule has 296 valence electrons. The highest BCUT2D eigenvalue weighted by Gasteiger charge is 2.53. The predicted octanol–water partition coefficient (Wildman–Crippen LogP) is 16.2. The lowest BCUT2D eigenvalue weighted by Gasteiger charge is -2.34. The zero-order valence-electron chi connectivity index (χ0n) is 37.4. The molecule has 0 bridgehead atoms. The van der Waals surface area contributed by atoms with Crippen molar-refractivity contribution in [3.05, 3.63) is 190 Å². The van der Waals surface area contributed by atoms with E-state index in [-0.39, 0.29) is 21.7 Å². The monoisotopic (exact) mass is 768 g/mol. The van der Waals surface area contributed by atoms with Crippen LogP contribution >= 0.6 is 0 Å². The summed E-state index contributed by atoms with van der Waals surface area (Å²) in [6.07, 6.45) is 0. The summed E-state index contributed by atoms with van der Waals surface area (Å²) in [5.41, 5.74) is 23.5. The van der Waals surface area contributed by atoms with E-state index < -0.39 is 5.41 Å². The van der Waals surface area contributed by atoms with Gasteiger partial charge in [0.15, 0.2) is 0 Å². The van der Waals surface area contributed by atoms with Gasteiger partial charge in [-0.25, -0.2) is 0 Å². The van der Waals surface area contributed by atoms with Crippen LogP contribution in [0.4, 0.5) is 0 Å². The molecule has 0 N–H and O–H groups in total. The fraction of sp³-hybridized carbons (Fsp3) is 0.288. The second-order valence-electron chi connectivity index (χ2n) is 21.5. The van der Waals surface area contributed by atoms with E-state index in [2.05, 4.69) is 229 Å². The number of hydrogen-bond acceptors (Lipinski definition) is 0. The fourth-order valence-electron chi connectivity index (χ4n) is 9.76. The summed E-state index contributed by atoms with van der Waals surface area (Å²) in [6, 6.07) is 56.4. The smallest absolute Gasteiger partial charge is 0.0622 e. The van der Waals surface area contributed by atoms with Crippen LogP contribution in [0.3, 0.4) is 0 Å². The summed E-state index contributed by atoms with van der Waals surface area (Å²) in [7, 11) is 0. The lowest BCUT2D eigenvalue weighted by molar-refractivity contribution is 0.583. The molecule has 0 saturated heterocycles. The van der Waals surface area contributed by atoms with Crippen LogP contribution in [0.2, 0.25) is 0 Å². The zero-order valence-corrected chi connectivity index (χ0v) is 37.4. The second kappa shape index (κ2) is 13.3. The van der Waals surface area contributed by atoms with E-state index >= 15 is 0 Å². The van der Waals surface area contributed by atoms with Crippen LogP contribution in [-0.2, 0) is 27.1 Å². The minimum absolute atomic E-state index is 0.00274. The molecule has 2 aliphatic rings. The Labute approximate surface area is 354 Å². The van der Waals surface area contributed by atoms with Gasteiger partial charge in [0.1, 0.15) is 0 Å². The standard InChI is InChI=1S/C59H60/c1-55(2,3)42-25-28-46-47-29-26-43(56(4,5)6)34-51(47)59(50(46)33-42)52-35-44(57(7,8)9)27-30-48(52)54-49(32-45(36-53(54)59)58(10,11)12)41-20-16-19-40(31-41)39-23-21-38(22-24-39)37-17-14-13-15-18-37/h13-36H,1-12H3. The maximum Gasteiger partial charge on any atom is 0.0726 e. The molecule has 0 nitrogen and oxygen atoms in total. The number of hydrogen-bond donors (Lipinski definition) is 0. The van der Waals surface area contributed by atoms with Crippen molar-refractivity contribution in [2.75, 3.05) is 0 Å². The molecule has 59 heavy (non-hydrogen) atoms. The van der Waals surface area contributed by atoms with Gasteiger partial charge in [-0.3, -0.25) is 0 Å². The first-order valence-corrected chi connectivity index (χ1v) is 21.7. The lowest BCUT2D eigenvalue weighted by Crippen LogP contribution is -2.28. The maximum absolute atomic E-state index is 2.61. The van der Waals surface area contributed by atoms with Crippen molar-refractivity contribution in [2.24, 2.45) is 0 Å². The minimum Gasteiger partial charge on any atom is -0.0622 e. The second-order valence-corrected chi connectivity index (χ2v) is 21.5. The Hall–Kier alpha value is -5.46. The molecule has 0 amide bonds.